The van der Waals surface area contributed by atoms with E-state index in [-0.39, 0.29) is 22.1 Å². The minimum Gasteiger partial charge on any atom is -0.456 e. The first-order valence-corrected chi connectivity index (χ1v) is 13.3. The second-order valence-electron chi connectivity index (χ2n) is 9.38. The standard InChI is InChI=1S/C28H26N4O7S/c1-17-13-22(23(32(36)37)14-18(17)2)24-8-7-21(39-24)15-25-27(34)31(28(35)40-25)16-26(33)29-19-3-5-20(6-4-19)30-9-11-38-12-10-30/h3-8,13-15H,9-12,16H2,1-2H3,(H,29,33)/b25-15-. The monoisotopic (exact) mass is 562 g/mol. The Bertz CT molecular complexity index is 1520. The van der Waals surface area contributed by atoms with Gasteiger partial charge in [0.2, 0.25) is 5.91 Å². The zero-order valence-electron chi connectivity index (χ0n) is 21.8. The van der Waals surface area contributed by atoms with Crippen LogP contribution < -0.4 is 10.2 Å². The van der Waals surface area contributed by atoms with Crippen molar-refractivity contribution >= 4 is 52.0 Å². The van der Waals surface area contributed by atoms with E-state index in [1.54, 1.807) is 37.3 Å². The molecule has 0 saturated carbocycles. The Morgan fingerprint density at radius 1 is 1.07 bits per heavy atom. The number of thioether (sulfide) groups is 1. The number of amides is 3. The third-order valence-corrected chi connectivity index (χ3v) is 7.58. The topological polar surface area (TPSA) is 135 Å². The van der Waals surface area contributed by atoms with Gasteiger partial charge in [-0.25, -0.2) is 0 Å². The summed E-state index contributed by atoms with van der Waals surface area (Å²) in [6, 6.07) is 13.6. The third kappa shape index (κ3) is 5.77. The predicted octanol–water partition coefficient (Wildman–Crippen LogP) is 4.98. The number of carbonyl (C=O) groups excluding carboxylic acids is 3. The van der Waals surface area contributed by atoms with Crippen molar-refractivity contribution in [2.24, 2.45) is 0 Å². The van der Waals surface area contributed by atoms with E-state index in [1.165, 1.54) is 12.1 Å². The number of imide groups is 1. The highest BCUT2D eigenvalue weighted by Gasteiger charge is 2.36. The van der Waals surface area contributed by atoms with Crippen molar-refractivity contribution in [2.75, 3.05) is 43.1 Å². The highest BCUT2D eigenvalue weighted by Crippen LogP contribution is 2.36. The number of morpholine rings is 1. The zero-order valence-corrected chi connectivity index (χ0v) is 22.7. The van der Waals surface area contributed by atoms with Crippen LogP contribution in [-0.4, -0.2) is 59.7 Å². The lowest BCUT2D eigenvalue weighted by Crippen LogP contribution is -2.36. The summed E-state index contributed by atoms with van der Waals surface area (Å²) in [4.78, 5) is 52.3. The van der Waals surface area contributed by atoms with Gasteiger partial charge in [-0.05, 0) is 79.2 Å². The van der Waals surface area contributed by atoms with Gasteiger partial charge in [-0.1, -0.05) is 0 Å². The Labute approximate surface area is 233 Å². The van der Waals surface area contributed by atoms with Crippen LogP contribution in [0.3, 0.4) is 0 Å². The van der Waals surface area contributed by atoms with E-state index in [9.17, 15) is 24.5 Å². The molecule has 5 rings (SSSR count). The summed E-state index contributed by atoms with van der Waals surface area (Å²) in [6.07, 6.45) is 1.39. The molecule has 12 heteroatoms. The number of nitro benzene ring substituents is 1. The molecule has 0 spiro atoms. The molecule has 3 heterocycles. The molecular formula is C28H26N4O7S. The van der Waals surface area contributed by atoms with Crippen LogP contribution in [0.2, 0.25) is 0 Å². The quantitative estimate of drug-likeness (QED) is 0.240. The summed E-state index contributed by atoms with van der Waals surface area (Å²) in [7, 11) is 0. The largest absolute Gasteiger partial charge is 0.456 e. The molecule has 0 unspecified atom stereocenters. The maximum atomic E-state index is 12.9. The molecule has 3 aromatic rings. The van der Waals surface area contributed by atoms with Crippen LogP contribution in [0.4, 0.5) is 21.9 Å². The van der Waals surface area contributed by atoms with Crippen LogP contribution in [0.1, 0.15) is 16.9 Å². The fraction of sp³-hybridized carbons (Fsp3) is 0.250. The number of anilines is 2. The second-order valence-corrected chi connectivity index (χ2v) is 10.4. The van der Waals surface area contributed by atoms with E-state index in [1.807, 2.05) is 19.1 Å². The smallest absolute Gasteiger partial charge is 0.294 e. The normalized spacial score (nSPS) is 16.6. The van der Waals surface area contributed by atoms with Gasteiger partial charge in [-0.15, -0.1) is 0 Å². The van der Waals surface area contributed by atoms with Gasteiger partial charge in [0, 0.05) is 36.6 Å². The summed E-state index contributed by atoms with van der Waals surface area (Å²) >= 11 is 0.695. The Balaban J connectivity index is 1.25. The number of carbonyl (C=O) groups is 3. The van der Waals surface area contributed by atoms with Crippen molar-refractivity contribution in [3.63, 3.8) is 0 Å². The number of furan rings is 1. The van der Waals surface area contributed by atoms with E-state index < -0.39 is 28.5 Å². The van der Waals surface area contributed by atoms with Gasteiger partial charge < -0.3 is 19.4 Å². The summed E-state index contributed by atoms with van der Waals surface area (Å²) in [5.41, 5.74) is 3.44. The van der Waals surface area contributed by atoms with Crippen molar-refractivity contribution in [1.29, 1.82) is 0 Å². The molecule has 40 heavy (non-hydrogen) atoms. The highest BCUT2D eigenvalue weighted by molar-refractivity contribution is 8.18. The lowest BCUT2D eigenvalue weighted by atomic mass is 10.0. The molecule has 206 valence electrons. The van der Waals surface area contributed by atoms with Gasteiger partial charge in [0.05, 0.1) is 28.6 Å². The van der Waals surface area contributed by atoms with Crippen LogP contribution >= 0.6 is 11.8 Å². The molecule has 2 aliphatic heterocycles. The van der Waals surface area contributed by atoms with Gasteiger partial charge in [0.15, 0.2) is 0 Å². The van der Waals surface area contributed by atoms with E-state index in [0.717, 1.165) is 34.8 Å². The van der Waals surface area contributed by atoms with Crippen LogP contribution in [0, 0.1) is 24.0 Å². The van der Waals surface area contributed by atoms with Crippen molar-refractivity contribution in [2.45, 2.75) is 13.8 Å². The highest BCUT2D eigenvalue weighted by atomic mass is 32.2. The molecule has 2 aromatic carbocycles. The molecule has 0 radical (unpaired) electrons. The fourth-order valence-corrected chi connectivity index (χ4v) is 5.23. The first-order valence-electron chi connectivity index (χ1n) is 12.5. The maximum absolute atomic E-state index is 12.9. The summed E-state index contributed by atoms with van der Waals surface area (Å²) in [5.74, 6) is -0.620. The minimum absolute atomic E-state index is 0.0863. The Hall–Kier alpha value is -4.42. The molecular weight excluding hydrogens is 536 g/mol. The Morgan fingerprint density at radius 2 is 1.77 bits per heavy atom. The average molecular weight is 563 g/mol. The zero-order chi connectivity index (χ0) is 28.4. The van der Waals surface area contributed by atoms with E-state index >= 15 is 0 Å². The molecule has 2 fully saturated rings. The molecule has 3 amide bonds. The number of aryl methyl sites for hydroxylation is 2. The van der Waals surface area contributed by atoms with Crippen LogP contribution in [0.25, 0.3) is 17.4 Å². The van der Waals surface area contributed by atoms with Crippen LogP contribution in [0.5, 0.6) is 0 Å². The lowest BCUT2D eigenvalue weighted by molar-refractivity contribution is -0.384. The third-order valence-electron chi connectivity index (χ3n) is 6.68. The summed E-state index contributed by atoms with van der Waals surface area (Å²) in [6.45, 7) is 6.12. The Kier molecular flexibility index (Phi) is 7.71. The molecule has 2 saturated heterocycles. The summed E-state index contributed by atoms with van der Waals surface area (Å²) in [5, 5.41) is 13.7. The maximum Gasteiger partial charge on any atom is 0.294 e. The Morgan fingerprint density at radius 3 is 2.48 bits per heavy atom. The molecule has 2 aliphatic rings. The average Bonchev–Trinajstić information content (AvgIpc) is 3.51. The van der Waals surface area contributed by atoms with E-state index in [2.05, 4.69) is 10.2 Å². The van der Waals surface area contributed by atoms with Crippen molar-refractivity contribution in [1.82, 2.24) is 4.90 Å². The number of hydrogen-bond donors (Lipinski definition) is 1. The minimum atomic E-state index is -0.622. The molecule has 0 aliphatic carbocycles. The number of benzene rings is 2. The second kappa shape index (κ2) is 11.4. The van der Waals surface area contributed by atoms with E-state index in [4.69, 9.17) is 9.15 Å². The van der Waals surface area contributed by atoms with Gasteiger partial charge in [0.25, 0.3) is 16.8 Å². The first kappa shape index (κ1) is 27.2. The van der Waals surface area contributed by atoms with Gasteiger partial charge in [-0.3, -0.25) is 29.4 Å². The van der Waals surface area contributed by atoms with Gasteiger partial charge in [-0.2, -0.15) is 0 Å². The number of rotatable bonds is 7. The SMILES string of the molecule is Cc1cc(-c2ccc(/C=C3\SC(=O)N(CC(=O)Nc4ccc(N5CCOCC5)cc4)C3=O)o2)c([N+](=O)[O-])cc1C. The van der Waals surface area contributed by atoms with Crippen LogP contribution in [-0.2, 0) is 14.3 Å². The number of nitro groups is 1. The molecule has 1 aromatic heterocycles. The number of hydrogen-bond acceptors (Lipinski definition) is 9. The predicted molar refractivity (Wildman–Crippen MR) is 151 cm³/mol. The number of nitrogens with zero attached hydrogens (tertiary/aromatic N) is 3. The first-order chi connectivity index (χ1) is 19.2. The van der Waals surface area contributed by atoms with Crippen molar-refractivity contribution < 1.29 is 28.5 Å². The molecule has 0 bridgehead atoms. The van der Waals surface area contributed by atoms with Crippen LogP contribution in [0.15, 0.2) is 57.9 Å². The fourth-order valence-electron chi connectivity index (χ4n) is 4.41. The van der Waals surface area contributed by atoms with Crippen molar-refractivity contribution in [3.8, 4) is 11.3 Å². The van der Waals surface area contributed by atoms with Gasteiger partial charge >= 0.3 is 0 Å². The molecule has 1 N–H and O–H groups in total. The van der Waals surface area contributed by atoms with Crippen molar-refractivity contribution in [3.05, 3.63) is 80.4 Å². The lowest BCUT2D eigenvalue weighted by Gasteiger charge is -2.28. The van der Waals surface area contributed by atoms with Gasteiger partial charge in [0.1, 0.15) is 18.1 Å². The van der Waals surface area contributed by atoms with E-state index in [0.29, 0.717) is 36.2 Å². The number of nitrogens with one attached hydrogen (secondary N) is 1. The molecule has 0 atom stereocenters. The molecule has 11 nitrogen and oxygen atoms in total. The number of ether oxygens (including phenoxy) is 1. The summed E-state index contributed by atoms with van der Waals surface area (Å²) < 4.78 is 11.1.